The van der Waals surface area contributed by atoms with Crippen LogP contribution in [0.25, 0.3) is 0 Å². The first kappa shape index (κ1) is 13.6. The van der Waals surface area contributed by atoms with Crippen LogP contribution in [0.2, 0.25) is 0 Å². The van der Waals surface area contributed by atoms with Crippen LogP contribution < -0.4 is 5.73 Å². The molecule has 2 aromatic rings. The fourth-order valence-electron chi connectivity index (χ4n) is 2.00. The lowest BCUT2D eigenvalue weighted by Crippen LogP contribution is -2.14. The maximum atomic E-state index is 13.1. The van der Waals surface area contributed by atoms with Gasteiger partial charge in [-0.1, -0.05) is 29.8 Å². The molecule has 0 radical (unpaired) electrons. The quantitative estimate of drug-likeness (QED) is 0.842. The third kappa shape index (κ3) is 3.15. The lowest BCUT2D eigenvalue weighted by Gasteiger charge is -2.13. The summed E-state index contributed by atoms with van der Waals surface area (Å²) >= 11 is 0. The Balaban J connectivity index is 2.23. The highest BCUT2D eigenvalue weighted by Gasteiger charge is 2.15. The zero-order valence-corrected chi connectivity index (χ0v) is 10.5. The van der Waals surface area contributed by atoms with E-state index in [2.05, 4.69) is 0 Å². The minimum atomic E-state index is -1.47. The third-order valence-corrected chi connectivity index (χ3v) is 2.97. The summed E-state index contributed by atoms with van der Waals surface area (Å²) in [6, 6.07) is 9.00. The summed E-state index contributed by atoms with van der Waals surface area (Å²) in [6.45, 7) is 1.95. The van der Waals surface area contributed by atoms with E-state index in [1.807, 2.05) is 31.2 Å². The third-order valence-electron chi connectivity index (χ3n) is 2.97. The van der Waals surface area contributed by atoms with Crippen LogP contribution >= 0.6 is 0 Å². The molecule has 0 heterocycles. The van der Waals surface area contributed by atoms with E-state index in [1.165, 1.54) is 0 Å². The number of hydrogen-bond donors (Lipinski definition) is 1. The molecule has 2 rings (SSSR count). The second-order valence-corrected chi connectivity index (χ2v) is 4.60. The van der Waals surface area contributed by atoms with Crippen LogP contribution in [-0.4, -0.2) is 0 Å². The van der Waals surface area contributed by atoms with Crippen LogP contribution in [0, 0.1) is 24.4 Å². The van der Waals surface area contributed by atoms with Gasteiger partial charge in [-0.2, -0.15) is 0 Å². The number of halogens is 3. The van der Waals surface area contributed by atoms with Crippen molar-refractivity contribution in [1.82, 2.24) is 0 Å². The van der Waals surface area contributed by atoms with Crippen LogP contribution in [0.5, 0.6) is 0 Å². The Kier molecular flexibility index (Phi) is 3.90. The summed E-state index contributed by atoms with van der Waals surface area (Å²) in [6.07, 6.45) is 0.437. The van der Waals surface area contributed by atoms with E-state index in [0.29, 0.717) is 6.42 Å². The SMILES string of the molecule is Cc1cccc(CC(N)c2cc(F)c(F)c(F)c2)c1. The zero-order valence-electron chi connectivity index (χ0n) is 10.5. The van der Waals surface area contributed by atoms with Crippen molar-refractivity contribution in [2.24, 2.45) is 5.73 Å². The molecule has 1 atom stereocenters. The first-order chi connectivity index (χ1) is 8.97. The van der Waals surface area contributed by atoms with Crippen LogP contribution in [0.4, 0.5) is 13.2 Å². The first-order valence-electron chi connectivity index (χ1n) is 5.93. The lowest BCUT2D eigenvalue weighted by atomic mass is 9.98. The molecule has 1 unspecified atom stereocenters. The zero-order chi connectivity index (χ0) is 14.0. The molecule has 4 heteroatoms. The lowest BCUT2D eigenvalue weighted by molar-refractivity contribution is 0.443. The normalized spacial score (nSPS) is 12.5. The summed E-state index contributed by atoms with van der Waals surface area (Å²) in [7, 11) is 0. The Hall–Kier alpha value is -1.81. The maximum Gasteiger partial charge on any atom is 0.194 e. The van der Waals surface area contributed by atoms with Crippen LogP contribution in [-0.2, 0) is 6.42 Å². The van der Waals surface area contributed by atoms with Gasteiger partial charge in [0.1, 0.15) is 0 Å². The van der Waals surface area contributed by atoms with Crippen molar-refractivity contribution < 1.29 is 13.2 Å². The highest BCUT2D eigenvalue weighted by Crippen LogP contribution is 2.21. The molecule has 2 aromatic carbocycles. The number of nitrogens with two attached hydrogens (primary N) is 1. The van der Waals surface area contributed by atoms with Gasteiger partial charge in [-0.3, -0.25) is 0 Å². The Labute approximate surface area is 109 Å². The van der Waals surface area contributed by atoms with E-state index in [1.54, 1.807) is 0 Å². The van der Waals surface area contributed by atoms with Crippen molar-refractivity contribution in [3.8, 4) is 0 Å². The minimum Gasteiger partial charge on any atom is -0.324 e. The average molecular weight is 265 g/mol. The minimum absolute atomic E-state index is 0.248. The number of benzene rings is 2. The van der Waals surface area contributed by atoms with E-state index in [-0.39, 0.29) is 5.56 Å². The van der Waals surface area contributed by atoms with Gasteiger partial charge in [-0.25, -0.2) is 13.2 Å². The monoisotopic (exact) mass is 265 g/mol. The van der Waals surface area contributed by atoms with Crippen molar-refractivity contribution in [2.75, 3.05) is 0 Å². The van der Waals surface area contributed by atoms with Gasteiger partial charge in [0.25, 0.3) is 0 Å². The van der Waals surface area contributed by atoms with Crippen molar-refractivity contribution >= 4 is 0 Å². The molecule has 0 amide bonds. The highest BCUT2D eigenvalue weighted by atomic mass is 19.2. The molecular weight excluding hydrogens is 251 g/mol. The molecule has 0 aliphatic carbocycles. The van der Waals surface area contributed by atoms with Crippen LogP contribution in [0.15, 0.2) is 36.4 Å². The fourth-order valence-corrected chi connectivity index (χ4v) is 2.00. The standard InChI is InChI=1S/C15H14F3N/c1-9-3-2-4-10(5-9)6-14(19)11-7-12(16)15(18)13(17)8-11/h2-5,7-8,14H,6,19H2,1H3. The molecule has 0 aliphatic rings. The first-order valence-corrected chi connectivity index (χ1v) is 5.93. The Morgan fingerprint density at radius 3 is 2.26 bits per heavy atom. The predicted molar refractivity (Wildman–Crippen MR) is 68.1 cm³/mol. The molecule has 0 fully saturated rings. The fraction of sp³-hybridized carbons (Fsp3) is 0.200. The summed E-state index contributed by atoms with van der Waals surface area (Å²) in [5.74, 6) is -3.89. The van der Waals surface area contributed by atoms with Gasteiger partial charge < -0.3 is 5.73 Å². The highest BCUT2D eigenvalue weighted by molar-refractivity contribution is 5.27. The number of rotatable bonds is 3. The largest absolute Gasteiger partial charge is 0.324 e. The van der Waals surface area contributed by atoms with Gasteiger partial charge >= 0.3 is 0 Å². The van der Waals surface area contributed by atoms with E-state index in [4.69, 9.17) is 5.73 Å². The van der Waals surface area contributed by atoms with Crippen LogP contribution in [0.3, 0.4) is 0 Å². The molecule has 0 bridgehead atoms. The maximum absolute atomic E-state index is 13.1. The summed E-state index contributed by atoms with van der Waals surface area (Å²) in [5, 5.41) is 0. The van der Waals surface area contributed by atoms with Gasteiger partial charge in [0.15, 0.2) is 17.5 Å². The molecule has 1 nitrogen and oxygen atoms in total. The average Bonchev–Trinajstić information content (AvgIpc) is 2.35. The van der Waals surface area contributed by atoms with Gasteiger partial charge in [0.05, 0.1) is 0 Å². The smallest absolute Gasteiger partial charge is 0.194 e. The molecule has 2 N–H and O–H groups in total. The van der Waals surface area contributed by atoms with Crippen molar-refractivity contribution in [2.45, 2.75) is 19.4 Å². The molecule has 0 aromatic heterocycles. The number of hydrogen-bond acceptors (Lipinski definition) is 1. The van der Waals surface area contributed by atoms with Gasteiger partial charge in [-0.15, -0.1) is 0 Å². The number of aryl methyl sites for hydroxylation is 1. The summed E-state index contributed by atoms with van der Waals surface area (Å²) < 4.78 is 39.1. The summed E-state index contributed by atoms with van der Waals surface area (Å²) in [4.78, 5) is 0. The molecule has 100 valence electrons. The van der Waals surface area contributed by atoms with Crippen molar-refractivity contribution in [3.63, 3.8) is 0 Å². The van der Waals surface area contributed by atoms with Gasteiger partial charge in [0, 0.05) is 6.04 Å². The Morgan fingerprint density at radius 2 is 1.68 bits per heavy atom. The molecule has 0 saturated heterocycles. The topological polar surface area (TPSA) is 26.0 Å². The van der Waals surface area contributed by atoms with E-state index in [9.17, 15) is 13.2 Å². The van der Waals surface area contributed by atoms with Crippen LogP contribution in [0.1, 0.15) is 22.7 Å². The molecule has 0 spiro atoms. The van der Waals surface area contributed by atoms with Gasteiger partial charge in [-0.05, 0) is 36.6 Å². The second kappa shape index (κ2) is 5.45. The van der Waals surface area contributed by atoms with E-state index >= 15 is 0 Å². The van der Waals surface area contributed by atoms with E-state index < -0.39 is 23.5 Å². The Bertz CT molecular complexity index is 573. The Morgan fingerprint density at radius 1 is 1.05 bits per heavy atom. The van der Waals surface area contributed by atoms with Crippen molar-refractivity contribution in [1.29, 1.82) is 0 Å². The predicted octanol–water partition coefficient (Wildman–Crippen LogP) is 3.65. The molecular formula is C15H14F3N. The second-order valence-electron chi connectivity index (χ2n) is 4.60. The molecule has 0 aliphatic heterocycles. The van der Waals surface area contributed by atoms with E-state index in [0.717, 1.165) is 23.3 Å². The summed E-state index contributed by atoms with van der Waals surface area (Å²) in [5.41, 5.74) is 8.21. The van der Waals surface area contributed by atoms with Gasteiger partial charge in [0.2, 0.25) is 0 Å². The molecule has 0 saturated carbocycles. The van der Waals surface area contributed by atoms with Crippen molar-refractivity contribution in [3.05, 3.63) is 70.5 Å². The molecule has 19 heavy (non-hydrogen) atoms.